The zero-order chi connectivity index (χ0) is 10.6. The fraction of sp³-hybridized carbons (Fsp3) is 0.250. The van der Waals surface area contributed by atoms with E-state index in [4.69, 9.17) is 10.7 Å². The zero-order valence-electron chi connectivity index (χ0n) is 7.11. The van der Waals surface area contributed by atoms with Gasteiger partial charge in [-0.2, -0.15) is 0 Å². The lowest BCUT2D eigenvalue weighted by Crippen LogP contribution is -1.99. The van der Waals surface area contributed by atoms with Gasteiger partial charge in [0.15, 0.2) is 0 Å². The first kappa shape index (κ1) is 11.8. The summed E-state index contributed by atoms with van der Waals surface area (Å²) in [5.74, 6) is -0.0204. The van der Waals surface area contributed by atoms with E-state index in [1.54, 1.807) is 12.1 Å². The van der Waals surface area contributed by atoms with E-state index in [-0.39, 0.29) is 11.6 Å². The normalized spacial score (nSPS) is 11.6. The van der Waals surface area contributed by atoms with Crippen molar-refractivity contribution in [2.45, 2.75) is 4.90 Å². The van der Waals surface area contributed by atoms with Gasteiger partial charge < -0.3 is 0 Å². The zero-order valence-corrected chi connectivity index (χ0v) is 9.50. The molecule has 1 rings (SSSR count). The van der Waals surface area contributed by atoms with Crippen LogP contribution >= 0.6 is 22.4 Å². The highest BCUT2D eigenvalue weighted by Gasteiger charge is 2.04. The van der Waals surface area contributed by atoms with Crippen LogP contribution in [-0.4, -0.2) is 19.9 Å². The lowest BCUT2D eigenvalue weighted by Gasteiger charge is -1.99. The Labute approximate surface area is 90.9 Å². The number of hydrogen-bond donors (Lipinski definition) is 0. The molecule has 1 aromatic rings. The fourth-order valence-corrected chi connectivity index (χ4v) is 3.05. The second kappa shape index (κ2) is 5.00. The van der Waals surface area contributed by atoms with Crippen LogP contribution in [0.5, 0.6) is 0 Å². The third-order valence-corrected chi connectivity index (χ3v) is 3.84. The Morgan fingerprint density at radius 2 is 1.86 bits per heavy atom. The fourth-order valence-electron chi connectivity index (χ4n) is 0.790. The molecule has 0 N–H and O–H groups in total. The molecule has 0 saturated heterocycles. The van der Waals surface area contributed by atoms with E-state index in [0.29, 0.717) is 5.75 Å². The van der Waals surface area contributed by atoms with Crippen LogP contribution in [0.1, 0.15) is 0 Å². The highest BCUT2D eigenvalue weighted by molar-refractivity contribution is 8.14. The standard InChI is InChI=1S/C8H8ClFO2S2/c9-14(11,12)6-5-13-8-3-1-7(10)2-4-8/h1-4H,5-6H2. The first-order chi connectivity index (χ1) is 6.47. The maximum Gasteiger partial charge on any atom is 0.233 e. The average Bonchev–Trinajstić information content (AvgIpc) is 2.06. The van der Waals surface area contributed by atoms with Gasteiger partial charge in [0, 0.05) is 21.3 Å². The second-order valence-electron chi connectivity index (χ2n) is 2.55. The SMILES string of the molecule is O=S(=O)(Cl)CCSc1ccc(F)cc1. The lowest BCUT2D eigenvalue weighted by atomic mass is 10.4. The van der Waals surface area contributed by atoms with Gasteiger partial charge in [0.05, 0.1) is 5.75 Å². The summed E-state index contributed by atoms with van der Waals surface area (Å²) < 4.78 is 33.6. The molecule has 78 valence electrons. The minimum atomic E-state index is -3.43. The molecule has 0 unspecified atom stereocenters. The largest absolute Gasteiger partial charge is 0.233 e. The van der Waals surface area contributed by atoms with E-state index < -0.39 is 9.05 Å². The first-order valence-corrected chi connectivity index (χ1v) is 7.24. The third kappa shape index (κ3) is 4.83. The molecular formula is C8H8ClFO2S2. The van der Waals surface area contributed by atoms with Crippen LogP contribution in [0.25, 0.3) is 0 Å². The molecule has 0 aliphatic rings. The summed E-state index contributed by atoms with van der Waals surface area (Å²) in [4.78, 5) is 0.826. The Balaban J connectivity index is 2.43. The predicted molar refractivity (Wildman–Crippen MR) is 56.8 cm³/mol. The van der Waals surface area contributed by atoms with Crippen LogP contribution in [0.15, 0.2) is 29.2 Å². The Bertz CT molecular complexity index is 388. The Morgan fingerprint density at radius 3 is 2.36 bits per heavy atom. The van der Waals surface area contributed by atoms with E-state index in [0.717, 1.165) is 4.90 Å². The summed E-state index contributed by atoms with van der Waals surface area (Å²) in [6.45, 7) is 0. The van der Waals surface area contributed by atoms with Crippen molar-refractivity contribution in [1.29, 1.82) is 0 Å². The molecule has 1 aromatic carbocycles. The first-order valence-electron chi connectivity index (χ1n) is 3.78. The van der Waals surface area contributed by atoms with Gasteiger partial charge in [-0.25, -0.2) is 12.8 Å². The van der Waals surface area contributed by atoms with Crippen molar-refractivity contribution in [2.75, 3.05) is 11.5 Å². The van der Waals surface area contributed by atoms with Crippen LogP contribution in [0.2, 0.25) is 0 Å². The minimum Gasteiger partial charge on any atom is -0.212 e. The van der Waals surface area contributed by atoms with Crippen LogP contribution in [0.4, 0.5) is 4.39 Å². The summed E-state index contributed by atoms with van der Waals surface area (Å²) in [7, 11) is 1.60. The van der Waals surface area contributed by atoms with Crippen molar-refractivity contribution >= 4 is 31.5 Å². The van der Waals surface area contributed by atoms with Crippen molar-refractivity contribution in [3.05, 3.63) is 30.1 Å². The van der Waals surface area contributed by atoms with E-state index in [2.05, 4.69) is 0 Å². The Morgan fingerprint density at radius 1 is 1.29 bits per heavy atom. The lowest BCUT2D eigenvalue weighted by molar-refractivity contribution is 0.611. The second-order valence-corrected chi connectivity index (χ2v) is 6.61. The summed E-state index contributed by atoms with van der Waals surface area (Å²) >= 11 is 1.33. The number of benzene rings is 1. The molecule has 0 aliphatic carbocycles. The molecule has 0 heterocycles. The molecule has 0 saturated carbocycles. The Kier molecular flexibility index (Phi) is 4.22. The molecule has 0 bridgehead atoms. The van der Waals surface area contributed by atoms with E-state index in [1.807, 2.05) is 0 Å². The van der Waals surface area contributed by atoms with Crippen molar-refractivity contribution in [3.63, 3.8) is 0 Å². The van der Waals surface area contributed by atoms with Gasteiger partial charge in [-0.3, -0.25) is 0 Å². The quantitative estimate of drug-likeness (QED) is 0.612. The van der Waals surface area contributed by atoms with E-state index >= 15 is 0 Å². The van der Waals surface area contributed by atoms with E-state index in [1.165, 1.54) is 23.9 Å². The monoisotopic (exact) mass is 254 g/mol. The van der Waals surface area contributed by atoms with Gasteiger partial charge in [-0.15, -0.1) is 11.8 Å². The van der Waals surface area contributed by atoms with Gasteiger partial charge >= 0.3 is 0 Å². The van der Waals surface area contributed by atoms with Gasteiger partial charge in [-0.05, 0) is 24.3 Å². The third-order valence-electron chi connectivity index (χ3n) is 1.41. The van der Waals surface area contributed by atoms with Crippen molar-refractivity contribution in [2.24, 2.45) is 0 Å². The van der Waals surface area contributed by atoms with Crippen LogP contribution in [0, 0.1) is 5.82 Å². The summed E-state index contributed by atoms with van der Waals surface area (Å²) in [5.41, 5.74) is 0. The highest BCUT2D eigenvalue weighted by Crippen LogP contribution is 2.18. The van der Waals surface area contributed by atoms with Crippen LogP contribution in [-0.2, 0) is 9.05 Å². The minimum absolute atomic E-state index is 0.0867. The topological polar surface area (TPSA) is 34.1 Å². The van der Waals surface area contributed by atoms with Crippen LogP contribution < -0.4 is 0 Å². The van der Waals surface area contributed by atoms with Gasteiger partial charge in [0.25, 0.3) is 0 Å². The smallest absolute Gasteiger partial charge is 0.212 e. The van der Waals surface area contributed by atoms with Crippen LogP contribution in [0.3, 0.4) is 0 Å². The van der Waals surface area contributed by atoms with Crippen molar-refractivity contribution in [1.82, 2.24) is 0 Å². The van der Waals surface area contributed by atoms with Gasteiger partial charge in [-0.1, -0.05) is 0 Å². The molecule has 0 radical (unpaired) electrons. The molecular weight excluding hydrogens is 247 g/mol. The number of hydrogen-bond acceptors (Lipinski definition) is 3. The van der Waals surface area contributed by atoms with Crippen molar-refractivity contribution < 1.29 is 12.8 Å². The van der Waals surface area contributed by atoms with Gasteiger partial charge in [0.2, 0.25) is 9.05 Å². The van der Waals surface area contributed by atoms with Gasteiger partial charge in [0.1, 0.15) is 5.82 Å². The molecule has 0 aliphatic heterocycles. The maximum absolute atomic E-state index is 12.5. The molecule has 0 amide bonds. The molecule has 0 aromatic heterocycles. The highest BCUT2D eigenvalue weighted by atomic mass is 35.7. The summed E-state index contributed by atoms with van der Waals surface area (Å²) in [6, 6.07) is 5.86. The summed E-state index contributed by atoms with van der Waals surface area (Å²) in [5, 5.41) is 0. The maximum atomic E-state index is 12.5. The molecule has 2 nitrogen and oxygen atoms in total. The predicted octanol–water partition coefficient (Wildman–Crippen LogP) is 2.49. The molecule has 6 heteroatoms. The Hall–Kier alpha value is -0.260. The van der Waals surface area contributed by atoms with E-state index in [9.17, 15) is 12.8 Å². The number of halogens is 2. The molecule has 0 spiro atoms. The number of thioether (sulfide) groups is 1. The number of rotatable bonds is 4. The molecule has 0 atom stereocenters. The average molecular weight is 255 g/mol. The van der Waals surface area contributed by atoms with Crippen molar-refractivity contribution in [3.8, 4) is 0 Å². The summed E-state index contributed by atoms with van der Waals surface area (Å²) in [6.07, 6.45) is 0. The molecule has 14 heavy (non-hydrogen) atoms. The molecule has 0 fully saturated rings.